The van der Waals surface area contributed by atoms with Crippen LogP contribution in [0.5, 0.6) is 0 Å². The van der Waals surface area contributed by atoms with Gasteiger partial charge in [0.05, 0.1) is 0 Å². The Hall–Kier alpha value is -0.150. The van der Waals surface area contributed by atoms with Gasteiger partial charge in [0.25, 0.3) is 0 Å². The van der Waals surface area contributed by atoms with E-state index in [1.165, 1.54) is 0 Å². The average molecular weight is 297 g/mol. The second kappa shape index (κ2) is 11.9. The number of urea groups is 1. The van der Waals surface area contributed by atoms with Crippen LogP contribution in [0.25, 0.3) is 0 Å². The highest BCUT2D eigenvalue weighted by molar-refractivity contribution is 6.22. The number of unbranched alkanes of at least 4 members (excludes halogenated alkanes) is 4. The monoisotopic (exact) mass is 296 g/mol. The van der Waals surface area contributed by atoms with Gasteiger partial charge in [-0.15, -0.1) is 0 Å². The topological polar surface area (TPSA) is 41.1 Å². The van der Waals surface area contributed by atoms with Crippen molar-refractivity contribution in [2.45, 2.75) is 76.2 Å². The Morgan fingerprint density at radius 1 is 0.889 bits per heavy atom. The molecule has 18 heavy (non-hydrogen) atoms. The molecule has 0 bridgehead atoms. The van der Waals surface area contributed by atoms with E-state index >= 15 is 0 Å². The first-order valence-electron chi connectivity index (χ1n) is 6.95. The van der Waals surface area contributed by atoms with Gasteiger partial charge in [-0.1, -0.05) is 75.6 Å². The summed E-state index contributed by atoms with van der Waals surface area (Å²) in [6.45, 7) is 4.27. The minimum atomic E-state index is -0.309. The summed E-state index contributed by atoms with van der Waals surface area (Å²) in [5.41, 5.74) is -0.618. The van der Waals surface area contributed by atoms with Gasteiger partial charge in [0.2, 0.25) is 0 Å². The second-order valence-electron chi connectivity index (χ2n) is 4.54. The fraction of sp³-hybridized carbons (Fsp3) is 0.923. The SMILES string of the molecule is CCCCCC(Cl)NC(=O)NC(Cl)CCCCC. The molecule has 3 nitrogen and oxygen atoms in total. The minimum Gasteiger partial charge on any atom is -0.322 e. The van der Waals surface area contributed by atoms with Crippen molar-refractivity contribution >= 4 is 29.2 Å². The van der Waals surface area contributed by atoms with Crippen LogP contribution in [0.15, 0.2) is 0 Å². The molecule has 0 saturated carbocycles. The molecule has 0 aliphatic rings. The van der Waals surface area contributed by atoms with Gasteiger partial charge in [0, 0.05) is 0 Å². The lowest BCUT2D eigenvalue weighted by atomic mass is 10.2. The molecule has 0 radical (unpaired) electrons. The summed E-state index contributed by atoms with van der Waals surface area (Å²) < 4.78 is 0. The van der Waals surface area contributed by atoms with E-state index in [1.807, 2.05) is 0 Å². The summed E-state index contributed by atoms with van der Waals surface area (Å²) in [5, 5.41) is 5.38. The summed E-state index contributed by atoms with van der Waals surface area (Å²) in [5.74, 6) is 0. The fourth-order valence-electron chi connectivity index (χ4n) is 1.62. The van der Waals surface area contributed by atoms with E-state index in [4.69, 9.17) is 23.2 Å². The molecule has 0 saturated heterocycles. The van der Waals surface area contributed by atoms with E-state index in [1.54, 1.807) is 0 Å². The normalized spacial score (nSPS) is 14.0. The molecule has 2 atom stereocenters. The molecule has 0 aromatic heterocycles. The van der Waals surface area contributed by atoms with E-state index in [-0.39, 0.29) is 17.0 Å². The van der Waals surface area contributed by atoms with Crippen molar-refractivity contribution in [1.29, 1.82) is 0 Å². The van der Waals surface area contributed by atoms with Gasteiger partial charge in [-0.25, -0.2) is 4.79 Å². The van der Waals surface area contributed by atoms with Crippen molar-refractivity contribution in [3.8, 4) is 0 Å². The molecule has 0 fully saturated rings. The van der Waals surface area contributed by atoms with Crippen LogP contribution in [0.1, 0.15) is 65.2 Å². The van der Waals surface area contributed by atoms with E-state index in [9.17, 15) is 4.79 Å². The molecule has 0 aromatic carbocycles. The minimum absolute atomic E-state index is 0.275. The number of hydrogen-bond donors (Lipinski definition) is 2. The standard InChI is InChI=1S/C13H26Cl2N2O/c1-3-5-7-9-11(14)16-13(18)17-12(15)10-8-6-4-2/h11-12H,3-10H2,1-2H3,(H2,16,17,18). The van der Waals surface area contributed by atoms with Gasteiger partial charge in [0.15, 0.2) is 0 Å². The van der Waals surface area contributed by atoms with Crippen LogP contribution < -0.4 is 10.6 Å². The predicted octanol–water partition coefficient (Wildman–Crippen LogP) is 4.58. The zero-order valence-electron chi connectivity index (χ0n) is 11.5. The number of nitrogens with one attached hydrogen (secondary N) is 2. The Balaban J connectivity index is 3.61. The van der Waals surface area contributed by atoms with Crippen LogP contribution in [0.4, 0.5) is 4.79 Å². The van der Waals surface area contributed by atoms with Crippen LogP contribution in [0, 0.1) is 0 Å². The van der Waals surface area contributed by atoms with E-state index < -0.39 is 0 Å². The molecule has 0 aliphatic carbocycles. The number of rotatable bonds is 10. The van der Waals surface area contributed by atoms with Gasteiger partial charge in [-0.05, 0) is 12.8 Å². The van der Waals surface area contributed by atoms with Crippen molar-refractivity contribution in [1.82, 2.24) is 10.6 Å². The van der Waals surface area contributed by atoms with Crippen molar-refractivity contribution in [3.05, 3.63) is 0 Å². The van der Waals surface area contributed by atoms with Crippen molar-refractivity contribution in [2.75, 3.05) is 0 Å². The Labute approximate surface area is 121 Å². The van der Waals surface area contributed by atoms with Gasteiger partial charge in [0.1, 0.15) is 11.0 Å². The number of hydrogen-bond acceptors (Lipinski definition) is 1. The number of carbonyl (C=O) groups excluding carboxylic acids is 1. The predicted molar refractivity (Wildman–Crippen MR) is 79.2 cm³/mol. The molecule has 2 N–H and O–H groups in total. The largest absolute Gasteiger partial charge is 0.322 e. The van der Waals surface area contributed by atoms with Gasteiger partial charge in [-0.3, -0.25) is 0 Å². The molecule has 0 spiro atoms. The van der Waals surface area contributed by atoms with E-state index in [0.717, 1.165) is 51.4 Å². The molecular formula is C13H26Cl2N2O. The highest BCUT2D eigenvalue weighted by Gasteiger charge is 2.12. The summed E-state index contributed by atoms with van der Waals surface area (Å²) in [7, 11) is 0. The maximum atomic E-state index is 11.5. The smallest absolute Gasteiger partial charge is 0.317 e. The lowest BCUT2D eigenvalue weighted by molar-refractivity contribution is 0.238. The van der Waals surface area contributed by atoms with E-state index in [2.05, 4.69) is 24.5 Å². The maximum Gasteiger partial charge on any atom is 0.317 e. The summed E-state index contributed by atoms with van der Waals surface area (Å²) in [4.78, 5) is 11.5. The summed E-state index contributed by atoms with van der Waals surface area (Å²) in [6.07, 6.45) is 8.24. The Kier molecular flexibility index (Phi) is 11.8. The first-order valence-corrected chi connectivity index (χ1v) is 7.82. The fourth-order valence-corrected chi connectivity index (χ4v) is 2.12. The molecule has 2 amide bonds. The lowest BCUT2D eigenvalue weighted by Crippen LogP contribution is -2.42. The first kappa shape index (κ1) is 17.8. The molecule has 2 unspecified atom stereocenters. The Bertz CT molecular complexity index is 195. The highest BCUT2D eigenvalue weighted by Crippen LogP contribution is 2.08. The molecular weight excluding hydrogens is 271 g/mol. The van der Waals surface area contributed by atoms with Gasteiger partial charge in [-0.2, -0.15) is 0 Å². The molecule has 0 aliphatic heterocycles. The number of carbonyl (C=O) groups is 1. The first-order chi connectivity index (χ1) is 8.60. The van der Waals surface area contributed by atoms with Gasteiger partial charge < -0.3 is 10.6 Å². The van der Waals surface area contributed by atoms with Crippen molar-refractivity contribution in [2.24, 2.45) is 0 Å². The van der Waals surface area contributed by atoms with E-state index in [0.29, 0.717) is 0 Å². The highest BCUT2D eigenvalue weighted by atomic mass is 35.5. The van der Waals surface area contributed by atoms with Crippen LogP contribution in [0.3, 0.4) is 0 Å². The number of amides is 2. The third-order valence-corrected chi connectivity index (χ3v) is 3.35. The van der Waals surface area contributed by atoms with Crippen molar-refractivity contribution in [3.63, 3.8) is 0 Å². The molecule has 5 heteroatoms. The third-order valence-electron chi connectivity index (χ3n) is 2.70. The lowest BCUT2D eigenvalue weighted by Gasteiger charge is -2.15. The Morgan fingerprint density at radius 2 is 1.28 bits per heavy atom. The quantitative estimate of drug-likeness (QED) is 0.346. The summed E-state index contributed by atoms with van der Waals surface area (Å²) in [6, 6.07) is -0.275. The zero-order chi connectivity index (χ0) is 13.8. The maximum absolute atomic E-state index is 11.5. The summed E-state index contributed by atoms with van der Waals surface area (Å²) >= 11 is 12.0. The van der Waals surface area contributed by atoms with Crippen LogP contribution in [-0.2, 0) is 0 Å². The number of alkyl halides is 2. The van der Waals surface area contributed by atoms with Gasteiger partial charge >= 0.3 is 6.03 Å². The second-order valence-corrected chi connectivity index (χ2v) is 5.60. The average Bonchev–Trinajstić information content (AvgIpc) is 2.29. The van der Waals surface area contributed by atoms with Crippen LogP contribution in [0.2, 0.25) is 0 Å². The number of halogens is 2. The molecule has 0 aromatic rings. The Morgan fingerprint density at radius 3 is 1.61 bits per heavy atom. The molecule has 0 heterocycles. The molecule has 0 rings (SSSR count). The van der Waals surface area contributed by atoms with Crippen LogP contribution in [-0.4, -0.2) is 17.0 Å². The third kappa shape index (κ3) is 11.0. The van der Waals surface area contributed by atoms with Crippen molar-refractivity contribution < 1.29 is 4.79 Å². The molecule has 108 valence electrons. The zero-order valence-corrected chi connectivity index (χ0v) is 13.0. The van der Waals surface area contributed by atoms with Crippen LogP contribution >= 0.6 is 23.2 Å².